The zero-order valence-electron chi connectivity index (χ0n) is 14.3. The summed E-state index contributed by atoms with van der Waals surface area (Å²) in [6.07, 6.45) is 7.63. The van der Waals surface area contributed by atoms with Crippen LogP contribution in [0.4, 0.5) is 0 Å². The predicted octanol–water partition coefficient (Wildman–Crippen LogP) is 2.62. The van der Waals surface area contributed by atoms with Crippen molar-refractivity contribution in [1.29, 1.82) is 0 Å². The van der Waals surface area contributed by atoms with Crippen molar-refractivity contribution >= 4 is 5.91 Å². The summed E-state index contributed by atoms with van der Waals surface area (Å²) in [6, 6.07) is 1.10. The van der Waals surface area contributed by atoms with E-state index in [1.165, 1.54) is 19.3 Å². The standard InChI is InChI=1S/C17H35N3O/c1-4-13-20(16-11-9-15(18)10-12-16)14-7-8-17(21)19(5-2)6-3/h15-16H,4-14,18H2,1-3H3. The molecule has 1 amide bonds. The van der Waals surface area contributed by atoms with Crippen molar-refractivity contribution in [1.82, 2.24) is 9.80 Å². The van der Waals surface area contributed by atoms with Crippen molar-refractivity contribution in [2.45, 2.75) is 77.8 Å². The minimum Gasteiger partial charge on any atom is -0.343 e. The number of nitrogens with two attached hydrogens (primary N) is 1. The van der Waals surface area contributed by atoms with E-state index in [-0.39, 0.29) is 0 Å². The summed E-state index contributed by atoms with van der Waals surface area (Å²) in [5, 5.41) is 0. The lowest BCUT2D eigenvalue weighted by atomic mass is 9.90. The molecule has 0 unspecified atom stereocenters. The second kappa shape index (κ2) is 10.2. The van der Waals surface area contributed by atoms with Gasteiger partial charge >= 0.3 is 0 Å². The summed E-state index contributed by atoms with van der Waals surface area (Å²) < 4.78 is 0. The fraction of sp³-hybridized carbons (Fsp3) is 0.941. The molecule has 1 rings (SSSR count). The van der Waals surface area contributed by atoms with Gasteiger partial charge in [0.15, 0.2) is 0 Å². The first-order valence-electron chi connectivity index (χ1n) is 8.89. The molecule has 0 saturated heterocycles. The van der Waals surface area contributed by atoms with Crippen molar-refractivity contribution in [3.05, 3.63) is 0 Å². The SMILES string of the molecule is CCCN(CCCC(=O)N(CC)CC)C1CCC(N)CC1. The molecule has 0 spiro atoms. The Morgan fingerprint density at radius 2 is 1.67 bits per heavy atom. The first kappa shape index (κ1) is 18.4. The normalized spacial score (nSPS) is 22.5. The Morgan fingerprint density at radius 3 is 2.19 bits per heavy atom. The zero-order valence-corrected chi connectivity index (χ0v) is 14.3. The topological polar surface area (TPSA) is 49.6 Å². The third-order valence-electron chi connectivity index (χ3n) is 4.72. The smallest absolute Gasteiger partial charge is 0.222 e. The molecule has 2 N–H and O–H groups in total. The number of carbonyl (C=O) groups is 1. The summed E-state index contributed by atoms with van der Waals surface area (Å²) >= 11 is 0. The summed E-state index contributed by atoms with van der Waals surface area (Å²) in [6.45, 7) is 10.2. The molecule has 0 aromatic rings. The molecule has 1 aliphatic carbocycles. The molecule has 0 bridgehead atoms. The van der Waals surface area contributed by atoms with Crippen molar-refractivity contribution in [2.75, 3.05) is 26.2 Å². The van der Waals surface area contributed by atoms with Crippen molar-refractivity contribution in [2.24, 2.45) is 5.73 Å². The number of amides is 1. The first-order chi connectivity index (χ1) is 10.1. The molecule has 1 saturated carbocycles. The maximum atomic E-state index is 12.1. The number of rotatable bonds is 9. The molecule has 21 heavy (non-hydrogen) atoms. The van der Waals surface area contributed by atoms with Gasteiger partial charge in [-0.05, 0) is 65.5 Å². The Kier molecular flexibility index (Phi) is 8.93. The van der Waals surface area contributed by atoms with E-state index >= 15 is 0 Å². The second-order valence-corrected chi connectivity index (χ2v) is 6.27. The first-order valence-corrected chi connectivity index (χ1v) is 8.89. The van der Waals surface area contributed by atoms with E-state index in [0.29, 0.717) is 24.4 Å². The Hall–Kier alpha value is -0.610. The summed E-state index contributed by atoms with van der Waals surface area (Å²) in [5.74, 6) is 0.308. The van der Waals surface area contributed by atoms with Gasteiger partial charge in [0.1, 0.15) is 0 Å². The lowest BCUT2D eigenvalue weighted by Gasteiger charge is -2.36. The van der Waals surface area contributed by atoms with Crippen LogP contribution in [0.2, 0.25) is 0 Å². The third-order valence-corrected chi connectivity index (χ3v) is 4.72. The van der Waals surface area contributed by atoms with Crippen LogP contribution in [0, 0.1) is 0 Å². The lowest BCUT2D eigenvalue weighted by molar-refractivity contribution is -0.131. The van der Waals surface area contributed by atoms with E-state index in [4.69, 9.17) is 5.73 Å². The highest BCUT2D eigenvalue weighted by Crippen LogP contribution is 2.22. The van der Waals surface area contributed by atoms with Gasteiger partial charge in [-0.25, -0.2) is 0 Å². The highest BCUT2D eigenvalue weighted by atomic mass is 16.2. The number of carbonyl (C=O) groups excluding carboxylic acids is 1. The number of hydrogen-bond donors (Lipinski definition) is 1. The van der Waals surface area contributed by atoms with Gasteiger partial charge in [0.25, 0.3) is 0 Å². The fourth-order valence-electron chi connectivity index (χ4n) is 3.40. The average molecular weight is 297 g/mol. The van der Waals surface area contributed by atoms with Crippen LogP contribution in [-0.2, 0) is 4.79 Å². The minimum atomic E-state index is 0.308. The maximum Gasteiger partial charge on any atom is 0.222 e. The van der Waals surface area contributed by atoms with Gasteiger partial charge in [0.2, 0.25) is 5.91 Å². The highest BCUT2D eigenvalue weighted by molar-refractivity contribution is 5.76. The van der Waals surface area contributed by atoms with E-state index in [1.807, 2.05) is 4.90 Å². The van der Waals surface area contributed by atoms with Crippen LogP contribution < -0.4 is 5.73 Å². The van der Waals surface area contributed by atoms with Crippen molar-refractivity contribution in [3.8, 4) is 0 Å². The van der Waals surface area contributed by atoms with E-state index in [2.05, 4.69) is 25.7 Å². The van der Waals surface area contributed by atoms with E-state index in [1.54, 1.807) is 0 Å². The Bertz CT molecular complexity index is 284. The van der Waals surface area contributed by atoms with Gasteiger partial charge in [0, 0.05) is 31.6 Å². The van der Waals surface area contributed by atoms with Crippen LogP contribution in [0.15, 0.2) is 0 Å². The van der Waals surface area contributed by atoms with Gasteiger partial charge < -0.3 is 15.5 Å². The van der Waals surface area contributed by atoms with Gasteiger partial charge in [0.05, 0.1) is 0 Å². The second-order valence-electron chi connectivity index (χ2n) is 6.27. The van der Waals surface area contributed by atoms with Crippen LogP contribution in [-0.4, -0.2) is 54.0 Å². The Balaban J connectivity index is 2.35. The predicted molar refractivity (Wildman–Crippen MR) is 89.3 cm³/mol. The van der Waals surface area contributed by atoms with E-state index in [0.717, 1.165) is 45.4 Å². The van der Waals surface area contributed by atoms with E-state index < -0.39 is 0 Å². The van der Waals surface area contributed by atoms with Crippen LogP contribution in [0.25, 0.3) is 0 Å². The zero-order chi connectivity index (χ0) is 15.7. The molecular formula is C17H35N3O. The average Bonchev–Trinajstić information content (AvgIpc) is 2.48. The molecule has 0 atom stereocenters. The molecule has 0 aromatic heterocycles. The molecule has 0 heterocycles. The monoisotopic (exact) mass is 297 g/mol. The summed E-state index contributed by atoms with van der Waals surface area (Å²) in [4.78, 5) is 16.6. The highest BCUT2D eigenvalue weighted by Gasteiger charge is 2.23. The quantitative estimate of drug-likeness (QED) is 0.712. The molecule has 0 aromatic carbocycles. The van der Waals surface area contributed by atoms with Crippen molar-refractivity contribution in [3.63, 3.8) is 0 Å². The molecule has 124 valence electrons. The van der Waals surface area contributed by atoms with Crippen molar-refractivity contribution < 1.29 is 4.79 Å². The number of nitrogens with zero attached hydrogens (tertiary/aromatic N) is 2. The van der Waals surface area contributed by atoms with Gasteiger partial charge in [-0.2, -0.15) is 0 Å². The molecule has 1 fully saturated rings. The molecular weight excluding hydrogens is 262 g/mol. The molecule has 0 radical (unpaired) electrons. The molecule has 4 heteroatoms. The molecule has 4 nitrogen and oxygen atoms in total. The summed E-state index contributed by atoms with van der Waals surface area (Å²) in [7, 11) is 0. The Morgan fingerprint density at radius 1 is 1.05 bits per heavy atom. The van der Waals surface area contributed by atoms with Crippen LogP contribution in [0.1, 0.15) is 65.7 Å². The maximum absolute atomic E-state index is 12.1. The van der Waals surface area contributed by atoms with Gasteiger partial charge in [-0.3, -0.25) is 4.79 Å². The molecule has 0 aliphatic heterocycles. The van der Waals surface area contributed by atoms with Gasteiger partial charge in [-0.15, -0.1) is 0 Å². The number of hydrogen-bond acceptors (Lipinski definition) is 3. The van der Waals surface area contributed by atoms with E-state index in [9.17, 15) is 4.79 Å². The van der Waals surface area contributed by atoms with Crippen LogP contribution in [0.5, 0.6) is 0 Å². The summed E-state index contributed by atoms with van der Waals surface area (Å²) in [5.41, 5.74) is 6.01. The van der Waals surface area contributed by atoms with Crippen LogP contribution >= 0.6 is 0 Å². The largest absolute Gasteiger partial charge is 0.343 e. The lowest BCUT2D eigenvalue weighted by Crippen LogP contribution is -2.42. The fourth-order valence-corrected chi connectivity index (χ4v) is 3.40. The third kappa shape index (κ3) is 6.35. The minimum absolute atomic E-state index is 0.308. The van der Waals surface area contributed by atoms with Crippen LogP contribution in [0.3, 0.4) is 0 Å². The molecule has 1 aliphatic rings. The van der Waals surface area contributed by atoms with Gasteiger partial charge in [-0.1, -0.05) is 6.92 Å². The Labute approximate surface area is 131 Å².